The first-order chi connectivity index (χ1) is 10.1. The van der Waals surface area contributed by atoms with E-state index in [1.807, 2.05) is 11.0 Å². The second kappa shape index (κ2) is 7.03. The molecule has 0 spiro atoms. The molecular weight excluding hydrogens is 275 g/mol. The molecule has 2 amide bonds. The number of piperazine rings is 1. The first-order valence-corrected chi connectivity index (χ1v) is 6.87. The zero-order valence-corrected chi connectivity index (χ0v) is 11.7. The van der Waals surface area contributed by atoms with Gasteiger partial charge in [0.25, 0.3) is 0 Å². The van der Waals surface area contributed by atoms with Gasteiger partial charge < -0.3 is 16.0 Å². The standard InChI is InChI=1S/C14H19FN4O2/c15-11-3-1-2-4-12(11)19-9-7-18(8-10-19)6-5-17-14(21)13(16)20/h1-4H,5-10H2,(H2,16,20)(H,17,21). The number of nitrogens with zero attached hydrogens (tertiary/aromatic N) is 2. The summed E-state index contributed by atoms with van der Waals surface area (Å²) in [6.45, 7) is 4.03. The maximum Gasteiger partial charge on any atom is 0.309 e. The van der Waals surface area contributed by atoms with Crippen molar-refractivity contribution in [1.29, 1.82) is 0 Å². The van der Waals surface area contributed by atoms with Crippen molar-refractivity contribution in [2.24, 2.45) is 5.73 Å². The zero-order valence-electron chi connectivity index (χ0n) is 11.7. The first kappa shape index (κ1) is 15.2. The fourth-order valence-electron chi connectivity index (χ4n) is 2.34. The third kappa shape index (κ3) is 4.16. The maximum absolute atomic E-state index is 13.7. The van der Waals surface area contributed by atoms with E-state index >= 15 is 0 Å². The number of hydrogen-bond acceptors (Lipinski definition) is 4. The summed E-state index contributed by atoms with van der Waals surface area (Å²) in [6, 6.07) is 6.74. The predicted molar refractivity (Wildman–Crippen MR) is 77.3 cm³/mol. The maximum atomic E-state index is 13.7. The summed E-state index contributed by atoms with van der Waals surface area (Å²) in [6.07, 6.45) is 0. The van der Waals surface area contributed by atoms with Gasteiger partial charge in [0.15, 0.2) is 0 Å². The number of primary amides is 1. The van der Waals surface area contributed by atoms with Gasteiger partial charge >= 0.3 is 11.8 Å². The van der Waals surface area contributed by atoms with Crippen LogP contribution < -0.4 is 16.0 Å². The van der Waals surface area contributed by atoms with Crippen molar-refractivity contribution in [2.45, 2.75) is 0 Å². The zero-order chi connectivity index (χ0) is 15.2. The van der Waals surface area contributed by atoms with Crippen LogP contribution in [0.5, 0.6) is 0 Å². The van der Waals surface area contributed by atoms with Crippen molar-refractivity contribution in [1.82, 2.24) is 10.2 Å². The molecule has 3 N–H and O–H groups in total. The van der Waals surface area contributed by atoms with Crippen molar-refractivity contribution in [3.05, 3.63) is 30.1 Å². The van der Waals surface area contributed by atoms with E-state index in [4.69, 9.17) is 5.73 Å². The summed E-state index contributed by atoms with van der Waals surface area (Å²) >= 11 is 0. The minimum atomic E-state index is -0.973. The van der Waals surface area contributed by atoms with E-state index in [9.17, 15) is 14.0 Å². The van der Waals surface area contributed by atoms with Crippen molar-refractivity contribution in [3.8, 4) is 0 Å². The van der Waals surface area contributed by atoms with Crippen LogP contribution in [0.3, 0.4) is 0 Å². The number of carbonyl (C=O) groups is 2. The number of benzene rings is 1. The Balaban J connectivity index is 1.75. The lowest BCUT2D eigenvalue weighted by Crippen LogP contribution is -2.49. The summed E-state index contributed by atoms with van der Waals surface area (Å²) in [5, 5.41) is 2.45. The fraction of sp³-hybridized carbons (Fsp3) is 0.429. The molecule has 1 aromatic rings. The Morgan fingerprint density at radius 2 is 1.86 bits per heavy atom. The van der Waals surface area contributed by atoms with Crippen molar-refractivity contribution < 1.29 is 14.0 Å². The Kier molecular flexibility index (Phi) is 5.10. The Hall–Kier alpha value is -2.15. The van der Waals surface area contributed by atoms with Gasteiger partial charge in [-0.15, -0.1) is 0 Å². The third-order valence-corrected chi connectivity index (χ3v) is 3.50. The lowest BCUT2D eigenvalue weighted by atomic mass is 10.2. The highest BCUT2D eigenvalue weighted by molar-refractivity contribution is 6.34. The molecule has 1 fully saturated rings. The molecule has 0 unspecified atom stereocenters. The number of amides is 2. The van der Waals surface area contributed by atoms with Gasteiger partial charge in [-0.25, -0.2) is 4.39 Å². The highest BCUT2D eigenvalue weighted by atomic mass is 19.1. The summed E-state index contributed by atoms with van der Waals surface area (Å²) in [4.78, 5) is 25.7. The summed E-state index contributed by atoms with van der Waals surface area (Å²) in [5.74, 6) is -1.95. The molecule has 1 aromatic carbocycles. The number of carbonyl (C=O) groups excluding carboxylic acids is 2. The summed E-state index contributed by atoms with van der Waals surface area (Å²) in [5.41, 5.74) is 5.47. The van der Waals surface area contributed by atoms with Crippen molar-refractivity contribution in [2.75, 3.05) is 44.2 Å². The van der Waals surface area contributed by atoms with Crippen LogP contribution >= 0.6 is 0 Å². The smallest absolute Gasteiger partial charge is 0.309 e. The predicted octanol–water partition coefficient (Wildman–Crippen LogP) is -0.451. The van der Waals surface area contributed by atoms with E-state index in [1.165, 1.54) is 6.07 Å². The first-order valence-electron chi connectivity index (χ1n) is 6.87. The molecule has 0 aliphatic carbocycles. The molecule has 2 rings (SSSR count). The Morgan fingerprint density at radius 3 is 2.48 bits per heavy atom. The molecule has 6 nitrogen and oxygen atoms in total. The molecular formula is C14H19FN4O2. The number of nitrogens with two attached hydrogens (primary N) is 1. The van der Waals surface area contributed by atoms with Crippen LogP contribution in [0.4, 0.5) is 10.1 Å². The van der Waals surface area contributed by atoms with Gasteiger partial charge in [-0.2, -0.15) is 0 Å². The van der Waals surface area contributed by atoms with Gasteiger partial charge in [-0.3, -0.25) is 14.5 Å². The van der Waals surface area contributed by atoms with E-state index in [-0.39, 0.29) is 5.82 Å². The Labute approximate surface area is 122 Å². The molecule has 1 aliphatic rings. The van der Waals surface area contributed by atoms with Crippen LogP contribution in [-0.2, 0) is 9.59 Å². The summed E-state index contributed by atoms with van der Waals surface area (Å²) < 4.78 is 13.7. The lowest BCUT2D eigenvalue weighted by molar-refractivity contribution is -0.137. The Bertz CT molecular complexity index is 515. The van der Waals surface area contributed by atoms with Gasteiger partial charge in [-0.1, -0.05) is 12.1 Å². The van der Waals surface area contributed by atoms with Gasteiger partial charge in [0.2, 0.25) is 0 Å². The van der Waals surface area contributed by atoms with Crippen LogP contribution in [-0.4, -0.2) is 56.0 Å². The highest BCUT2D eigenvalue weighted by Crippen LogP contribution is 2.19. The van der Waals surface area contributed by atoms with E-state index in [2.05, 4.69) is 10.2 Å². The number of nitrogens with one attached hydrogen (secondary N) is 1. The quantitative estimate of drug-likeness (QED) is 0.737. The molecule has 0 radical (unpaired) electrons. The molecule has 7 heteroatoms. The van der Waals surface area contributed by atoms with Crippen LogP contribution in [0.15, 0.2) is 24.3 Å². The van der Waals surface area contributed by atoms with Gasteiger partial charge in [0, 0.05) is 39.3 Å². The fourth-order valence-corrected chi connectivity index (χ4v) is 2.34. The van der Waals surface area contributed by atoms with E-state index in [0.29, 0.717) is 18.8 Å². The molecule has 0 saturated carbocycles. The minimum absolute atomic E-state index is 0.209. The second-order valence-electron chi connectivity index (χ2n) is 4.90. The van der Waals surface area contributed by atoms with Gasteiger partial charge in [0.05, 0.1) is 5.69 Å². The number of halogens is 1. The number of hydrogen-bond donors (Lipinski definition) is 2. The van der Waals surface area contributed by atoms with Crippen molar-refractivity contribution >= 4 is 17.5 Å². The van der Waals surface area contributed by atoms with Gasteiger partial charge in [-0.05, 0) is 12.1 Å². The third-order valence-electron chi connectivity index (χ3n) is 3.50. The lowest BCUT2D eigenvalue weighted by Gasteiger charge is -2.36. The monoisotopic (exact) mass is 294 g/mol. The van der Waals surface area contributed by atoms with E-state index < -0.39 is 11.8 Å². The molecule has 1 saturated heterocycles. The molecule has 0 aromatic heterocycles. The van der Waals surface area contributed by atoms with Crippen LogP contribution in [0.25, 0.3) is 0 Å². The minimum Gasteiger partial charge on any atom is -0.367 e. The average molecular weight is 294 g/mol. The SMILES string of the molecule is NC(=O)C(=O)NCCN1CCN(c2ccccc2F)CC1. The second-order valence-corrected chi connectivity index (χ2v) is 4.90. The van der Waals surface area contributed by atoms with Gasteiger partial charge in [0.1, 0.15) is 5.82 Å². The largest absolute Gasteiger partial charge is 0.367 e. The van der Waals surface area contributed by atoms with Crippen LogP contribution in [0.2, 0.25) is 0 Å². The average Bonchev–Trinajstić information content (AvgIpc) is 2.48. The van der Waals surface area contributed by atoms with Crippen LogP contribution in [0.1, 0.15) is 0 Å². The Morgan fingerprint density at radius 1 is 1.19 bits per heavy atom. The van der Waals surface area contributed by atoms with E-state index in [0.717, 1.165) is 26.2 Å². The highest BCUT2D eigenvalue weighted by Gasteiger charge is 2.19. The summed E-state index contributed by atoms with van der Waals surface area (Å²) in [7, 11) is 0. The molecule has 1 aliphatic heterocycles. The van der Waals surface area contributed by atoms with Crippen LogP contribution in [0, 0.1) is 5.82 Å². The molecule has 1 heterocycles. The molecule has 0 bridgehead atoms. The molecule has 0 atom stereocenters. The molecule has 21 heavy (non-hydrogen) atoms. The number of para-hydroxylation sites is 1. The van der Waals surface area contributed by atoms with Crippen molar-refractivity contribution in [3.63, 3.8) is 0 Å². The normalized spacial score (nSPS) is 15.8. The topological polar surface area (TPSA) is 78.7 Å². The number of anilines is 1. The van der Waals surface area contributed by atoms with E-state index in [1.54, 1.807) is 12.1 Å². The number of rotatable bonds is 4. The molecule has 114 valence electrons.